The quantitative estimate of drug-likeness (QED) is 0.771. The summed E-state index contributed by atoms with van der Waals surface area (Å²) in [6.07, 6.45) is 4.47. The highest BCUT2D eigenvalue weighted by Crippen LogP contribution is 2.13. The van der Waals surface area contributed by atoms with Crippen LogP contribution in [-0.4, -0.2) is 65.7 Å². The smallest absolute Gasteiger partial charge is 0.326 e. The van der Waals surface area contributed by atoms with Gasteiger partial charge in [-0.2, -0.15) is 0 Å². The molecule has 0 saturated carbocycles. The summed E-state index contributed by atoms with van der Waals surface area (Å²) in [7, 11) is 3.91. The highest BCUT2D eigenvalue weighted by Gasteiger charge is 2.26. The third-order valence-electron chi connectivity index (χ3n) is 2.76. The fourth-order valence-corrected chi connectivity index (χ4v) is 1.70. The third-order valence-corrected chi connectivity index (χ3v) is 2.76. The van der Waals surface area contributed by atoms with Gasteiger partial charge in [0.15, 0.2) is 0 Å². The lowest BCUT2D eigenvalue weighted by atomic mass is 10.2. The maximum atomic E-state index is 11.2. The fraction of sp³-hybridized carbons (Fsp3) is 0.727. The van der Waals surface area contributed by atoms with Gasteiger partial charge in [0.2, 0.25) is 0 Å². The topological polar surface area (TPSA) is 47.0 Å². The van der Waals surface area contributed by atoms with Crippen LogP contribution in [0.2, 0.25) is 0 Å². The van der Waals surface area contributed by atoms with E-state index in [2.05, 4.69) is 11.8 Å². The van der Waals surface area contributed by atoms with Crippen LogP contribution in [0.15, 0.2) is 12.4 Å². The van der Waals surface area contributed by atoms with Gasteiger partial charge in [-0.3, -0.25) is 0 Å². The highest BCUT2D eigenvalue weighted by molar-refractivity contribution is 5.85. The Bertz CT molecular complexity index is 271. The summed E-state index contributed by atoms with van der Waals surface area (Å²) < 4.78 is 0. The van der Waals surface area contributed by atoms with Gasteiger partial charge in [-0.05, 0) is 27.4 Å². The average Bonchev–Trinajstić information content (AvgIpc) is 2.65. The molecule has 0 aromatic rings. The van der Waals surface area contributed by atoms with Crippen molar-refractivity contribution in [2.45, 2.75) is 19.4 Å². The van der Waals surface area contributed by atoms with Gasteiger partial charge in [0.1, 0.15) is 6.04 Å². The van der Waals surface area contributed by atoms with Crippen molar-refractivity contribution in [2.24, 2.45) is 0 Å². The lowest BCUT2D eigenvalue weighted by Crippen LogP contribution is -2.41. The monoisotopic (exact) mass is 263 g/mol. The van der Waals surface area contributed by atoms with Crippen molar-refractivity contribution in [1.29, 1.82) is 0 Å². The van der Waals surface area contributed by atoms with E-state index in [-0.39, 0.29) is 12.4 Å². The van der Waals surface area contributed by atoms with Gasteiger partial charge in [-0.15, -0.1) is 12.4 Å². The number of aliphatic carboxylic acids is 1. The molecule has 0 bridgehead atoms. The van der Waals surface area contributed by atoms with E-state index in [0.717, 1.165) is 13.1 Å². The SMILES string of the molecule is CCN1C=CN(C(CCN(C)C)C(=O)O)C1.Cl. The maximum Gasteiger partial charge on any atom is 0.326 e. The molecule has 1 unspecified atom stereocenters. The molecule has 0 aromatic heterocycles. The summed E-state index contributed by atoms with van der Waals surface area (Å²) in [4.78, 5) is 17.2. The Labute approximate surface area is 109 Å². The molecule has 0 spiro atoms. The lowest BCUT2D eigenvalue weighted by Gasteiger charge is -2.27. The van der Waals surface area contributed by atoms with Gasteiger partial charge in [-0.1, -0.05) is 0 Å². The molecular weight excluding hydrogens is 242 g/mol. The molecule has 1 aliphatic heterocycles. The normalized spacial score (nSPS) is 16.2. The first-order chi connectivity index (χ1) is 7.54. The van der Waals surface area contributed by atoms with E-state index in [9.17, 15) is 9.90 Å². The lowest BCUT2D eigenvalue weighted by molar-refractivity contribution is -0.142. The van der Waals surface area contributed by atoms with Crippen molar-refractivity contribution >= 4 is 18.4 Å². The van der Waals surface area contributed by atoms with E-state index in [0.29, 0.717) is 13.1 Å². The molecule has 0 aliphatic carbocycles. The first kappa shape index (κ1) is 16.1. The number of halogens is 1. The predicted molar refractivity (Wildman–Crippen MR) is 70.1 cm³/mol. The second-order valence-corrected chi connectivity index (χ2v) is 4.30. The van der Waals surface area contributed by atoms with Crippen LogP contribution in [0.25, 0.3) is 0 Å². The predicted octanol–water partition coefficient (Wildman–Crippen LogP) is 0.879. The van der Waals surface area contributed by atoms with E-state index in [4.69, 9.17) is 0 Å². The summed E-state index contributed by atoms with van der Waals surface area (Å²) >= 11 is 0. The Kier molecular flexibility index (Phi) is 6.99. The zero-order valence-corrected chi connectivity index (χ0v) is 11.5. The number of rotatable bonds is 6. The molecule has 1 N–H and O–H groups in total. The second kappa shape index (κ2) is 7.40. The van der Waals surface area contributed by atoms with Gasteiger partial charge >= 0.3 is 5.97 Å². The number of carboxylic acid groups (broad SMARTS) is 1. The molecule has 0 fully saturated rings. The van der Waals surface area contributed by atoms with Crippen molar-refractivity contribution in [3.63, 3.8) is 0 Å². The van der Waals surface area contributed by atoms with E-state index >= 15 is 0 Å². The molecule has 0 aromatic carbocycles. The highest BCUT2D eigenvalue weighted by atomic mass is 35.5. The van der Waals surface area contributed by atoms with Crippen LogP contribution in [-0.2, 0) is 4.79 Å². The molecule has 100 valence electrons. The molecule has 0 amide bonds. The second-order valence-electron chi connectivity index (χ2n) is 4.30. The van der Waals surface area contributed by atoms with Crippen molar-refractivity contribution in [3.05, 3.63) is 12.4 Å². The van der Waals surface area contributed by atoms with Gasteiger partial charge in [0.25, 0.3) is 0 Å². The molecule has 1 aliphatic rings. The maximum absolute atomic E-state index is 11.2. The molecule has 6 heteroatoms. The molecule has 17 heavy (non-hydrogen) atoms. The van der Waals surface area contributed by atoms with Gasteiger partial charge in [0, 0.05) is 25.5 Å². The van der Waals surface area contributed by atoms with Gasteiger partial charge in [0.05, 0.1) is 6.67 Å². The standard InChI is InChI=1S/C11H21N3O2.ClH/c1-4-13-7-8-14(9-13)10(11(15)16)5-6-12(2)3;/h7-8,10H,4-6,9H2,1-3H3,(H,15,16);1H. The average molecular weight is 264 g/mol. The van der Waals surface area contributed by atoms with Crippen molar-refractivity contribution in [1.82, 2.24) is 14.7 Å². The third kappa shape index (κ3) is 4.83. The summed E-state index contributed by atoms with van der Waals surface area (Å²) in [6, 6.07) is -0.421. The van der Waals surface area contributed by atoms with Gasteiger partial charge in [-0.25, -0.2) is 4.79 Å². The van der Waals surface area contributed by atoms with Crippen molar-refractivity contribution < 1.29 is 9.90 Å². The van der Waals surface area contributed by atoms with Crippen molar-refractivity contribution in [2.75, 3.05) is 33.9 Å². The van der Waals surface area contributed by atoms with E-state index in [1.807, 2.05) is 36.3 Å². The summed E-state index contributed by atoms with van der Waals surface area (Å²) in [6.45, 7) is 4.44. The number of hydrogen-bond donors (Lipinski definition) is 1. The van der Waals surface area contributed by atoms with Crippen LogP contribution in [0, 0.1) is 0 Å². The molecule has 0 radical (unpaired) electrons. The molecule has 1 heterocycles. The Morgan fingerprint density at radius 3 is 2.53 bits per heavy atom. The van der Waals surface area contributed by atoms with Crippen LogP contribution < -0.4 is 0 Å². The number of nitrogens with zero attached hydrogens (tertiary/aromatic N) is 3. The van der Waals surface area contributed by atoms with E-state index in [1.54, 1.807) is 0 Å². The first-order valence-electron chi connectivity index (χ1n) is 5.60. The van der Waals surface area contributed by atoms with Crippen LogP contribution in [0.1, 0.15) is 13.3 Å². The van der Waals surface area contributed by atoms with Crippen LogP contribution in [0.5, 0.6) is 0 Å². The van der Waals surface area contributed by atoms with Crippen LogP contribution in [0.3, 0.4) is 0 Å². The van der Waals surface area contributed by atoms with E-state index < -0.39 is 12.0 Å². The first-order valence-corrected chi connectivity index (χ1v) is 5.60. The minimum atomic E-state index is -0.746. The summed E-state index contributed by atoms with van der Waals surface area (Å²) in [5, 5.41) is 9.19. The molecular formula is C11H22ClN3O2. The Balaban J connectivity index is 0.00000256. The number of hydrogen-bond acceptors (Lipinski definition) is 4. The minimum absolute atomic E-state index is 0. The Hall–Kier alpha value is -0.940. The Morgan fingerprint density at radius 1 is 1.47 bits per heavy atom. The number of carboxylic acids is 1. The fourth-order valence-electron chi connectivity index (χ4n) is 1.70. The zero-order valence-electron chi connectivity index (χ0n) is 10.7. The molecule has 0 saturated heterocycles. The van der Waals surface area contributed by atoms with E-state index in [1.165, 1.54) is 0 Å². The Morgan fingerprint density at radius 2 is 2.12 bits per heavy atom. The number of carbonyl (C=O) groups is 1. The minimum Gasteiger partial charge on any atom is -0.480 e. The summed E-state index contributed by atoms with van der Waals surface area (Å²) in [5.41, 5.74) is 0. The largest absolute Gasteiger partial charge is 0.480 e. The molecule has 5 nitrogen and oxygen atoms in total. The van der Waals surface area contributed by atoms with Gasteiger partial charge < -0.3 is 19.8 Å². The molecule has 1 rings (SSSR count). The zero-order chi connectivity index (χ0) is 12.1. The summed E-state index contributed by atoms with van der Waals surface area (Å²) in [5.74, 6) is -0.746. The molecule has 1 atom stereocenters. The van der Waals surface area contributed by atoms with Crippen molar-refractivity contribution in [3.8, 4) is 0 Å². The van der Waals surface area contributed by atoms with Crippen LogP contribution >= 0.6 is 12.4 Å². The van der Waals surface area contributed by atoms with Crippen LogP contribution in [0.4, 0.5) is 0 Å².